The molecule has 2 aromatic rings. The molecule has 2 N–H and O–H groups in total. The standard InChI is InChI=1S/C12H12ClN3O2/c1-17-9-3-4-15-12(14)11(9)7-5-10(18-2)16-6-8(7)13/h3-6H,1-2H3,(H2,14,15). The molecule has 0 aliphatic rings. The van der Waals surface area contributed by atoms with Crippen LogP contribution in [0.25, 0.3) is 11.1 Å². The minimum atomic E-state index is 0.338. The number of methoxy groups -OCH3 is 2. The van der Waals surface area contributed by atoms with Gasteiger partial charge < -0.3 is 15.2 Å². The Morgan fingerprint density at radius 1 is 1.22 bits per heavy atom. The first-order valence-electron chi connectivity index (χ1n) is 5.15. The van der Waals surface area contributed by atoms with Crippen molar-refractivity contribution in [2.75, 3.05) is 20.0 Å². The van der Waals surface area contributed by atoms with Crippen LogP contribution in [0.1, 0.15) is 0 Å². The molecule has 0 saturated heterocycles. The molecule has 0 bridgehead atoms. The fraction of sp³-hybridized carbons (Fsp3) is 0.167. The normalized spacial score (nSPS) is 10.2. The van der Waals surface area contributed by atoms with Crippen LogP contribution in [0.3, 0.4) is 0 Å². The van der Waals surface area contributed by atoms with Gasteiger partial charge in [0, 0.05) is 17.8 Å². The summed E-state index contributed by atoms with van der Waals surface area (Å²) in [5.74, 6) is 1.38. The first-order chi connectivity index (χ1) is 8.67. The van der Waals surface area contributed by atoms with Crippen molar-refractivity contribution in [2.24, 2.45) is 0 Å². The zero-order chi connectivity index (χ0) is 13.1. The molecular weight excluding hydrogens is 254 g/mol. The Bertz CT molecular complexity index is 575. The van der Waals surface area contributed by atoms with Gasteiger partial charge in [0.2, 0.25) is 5.88 Å². The van der Waals surface area contributed by atoms with Crippen molar-refractivity contribution in [3.05, 3.63) is 29.5 Å². The summed E-state index contributed by atoms with van der Waals surface area (Å²) < 4.78 is 10.3. The molecule has 0 aliphatic heterocycles. The van der Waals surface area contributed by atoms with E-state index in [0.717, 1.165) is 0 Å². The van der Waals surface area contributed by atoms with Crippen LogP contribution in [0.15, 0.2) is 24.5 Å². The maximum absolute atomic E-state index is 6.13. The van der Waals surface area contributed by atoms with Gasteiger partial charge in [0.1, 0.15) is 11.6 Å². The van der Waals surface area contributed by atoms with E-state index >= 15 is 0 Å². The third kappa shape index (κ3) is 2.17. The van der Waals surface area contributed by atoms with Crippen molar-refractivity contribution < 1.29 is 9.47 Å². The lowest BCUT2D eigenvalue weighted by Crippen LogP contribution is -1.98. The number of hydrogen-bond acceptors (Lipinski definition) is 5. The van der Waals surface area contributed by atoms with Gasteiger partial charge in [0.25, 0.3) is 0 Å². The first kappa shape index (κ1) is 12.4. The Labute approximate surface area is 110 Å². The maximum Gasteiger partial charge on any atom is 0.213 e. The highest BCUT2D eigenvalue weighted by Gasteiger charge is 2.15. The van der Waals surface area contributed by atoms with Crippen LogP contribution in [0, 0.1) is 0 Å². The fourth-order valence-corrected chi connectivity index (χ4v) is 1.82. The summed E-state index contributed by atoms with van der Waals surface area (Å²) in [6.45, 7) is 0. The number of ether oxygens (including phenoxy) is 2. The Morgan fingerprint density at radius 2 is 2.00 bits per heavy atom. The van der Waals surface area contributed by atoms with Crippen LogP contribution in [-0.4, -0.2) is 24.2 Å². The number of hydrogen-bond donors (Lipinski definition) is 1. The van der Waals surface area contributed by atoms with Gasteiger partial charge >= 0.3 is 0 Å². The number of nitrogen functional groups attached to an aromatic ring is 1. The highest BCUT2D eigenvalue weighted by molar-refractivity contribution is 6.33. The lowest BCUT2D eigenvalue weighted by molar-refractivity contribution is 0.398. The Balaban J connectivity index is 2.68. The van der Waals surface area contributed by atoms with E-state index in [0.29, 0.717) is 33.6 Å². The number of halogens is 1. The maximum atomic E-state index is 6.13. The molecule has 0 unspecified atom stereocenters. The van der Waals surface area contributed by atoms with Crippen LogP contribution in [-0.2, 0) is 0 Å². The quantitative estimate of drug-likeness (QED) is 0.923. The number of nitrogens with two attached hydrogens (primary N) is 1. The van der Waals surface area contributed by atoms with E-state index in [2.05, 4.69) is 9.97 Å². The Hall–Kier alpha value is -2.01. The number of rotatable bonds is 3. The van der Waals surface area contributed by atoms with Gasteiger partial charge in [-0.3, -0.25) is 0 Å². The first-order valence-corrected chi connectivity index (χ1v) is 5.53. The number of anilines is 1. The van der Waals surface area contributed by atoms with E-state index in [1.165, 1.54) is 13.3 Å². The van der Waals surface area contributed by atoms with Crippen molar-refractivity contribution in [1.29, 1.82) is 0 Å². The zero-order valence-corrected chi connectivity index (χ0v) is 10.7. The molecule has 2 aromatic heterocycles. The van der Waals surface area contributed by atoms with Gasteiger partial charge in [-0.05, 0) is 6.07 Å². The van der Waals surface area contributed by atoms with E-state index in [4.69, 9.17) is 26.8 Å². The second kappa shape index (κ2) is 5.10. The smallest absolute Gasteiger partial charge is 0.213 e. The lowest BCUT2D eigenvalue weighted by atomic mass is 10.1. The summed E-state index contributed by atoms with van der Waals surface area (Å²) in [5, 5.41) is 0.453. The number of nitrogens with zero attached hydrogens (tertiary/aromatic N) is 2. The summed E-state index contributed by atoms with van der Waals surface area (Å²) in [7, 11) is 3.09. The molecule has 94 valence electrons. The molecule has 6 heteroatoms. The van der Waals surface area contributed by atoms with Crippen LogP contribution < -0.4 is 15.2 Å². The molecule has 0 radical (unpaired) electrons. The van der Waals surface area contributed by atoms with E-state index in [1.54, 1.807) is 25.4 Å². The summed E-state index contributed by atoms with van der Waals surface area (Å²) in [6, 6.07) is 3.41. The van der Waals surface area contributed by atoms with Gasteiger partial charge in [-0.2, -0.15) is 0 Å². The molecular formula is C12H12ClN3O2. The van der Waals surface area contributed by atoms with Crippen LogP contribution in [0.4, 0.5) is 5.82 Å². The van der Waals surface area contributed by atoms with Gasteiger partial charge in [0.05, 0.1) is 31.0 Å². The molecule has 0 saturated carbocycles. The van der Waals surface area contributed by atoms with Gasteiger partial charge in [-0.25, -0.2) is 9.97 Å². The fourth-order valence-electron chi connectivity index (χ4n) is 1.62. The molecule has 0 fully saturated rings. The number of pyridine rings is 2. The average Bonchev–Trinajstić information content (AvgIpc) is 2.39. The SMILES string of the molecule is COc1cc(-c2c(OC)ccnc2N)c(Cl)cn1. The van der Waals surface area contributed by atoms with E-state index in [1.807, 2.05) is 0 Å². The summed E-state index contributed by atoms with van der Waals surface area (Å²) in [6.07, 6.45) is 3.07. The predicted octanol–water partition coefficient (Wildman–Crippen LogP) is 2.40. The molecule has 0 aromatic carbocycles. The molecule has 0 amide bonds. The zero-order valence-electron chi connectivity index (χ0n) is 9.98. The van der Waals surface area contributed by atoms with Crippen molar-refractivity contribution in [3.8, 4) is 22.8 Å². The second-order valence-electron chi connectivity index (χ2n) is 3.48. The Morgan fingerprint density at radius 3 is 2.67 bits per heavy atom. The van der Waals surface area contributed by atoms with Gasteiger partial charge in [0.15, 0.2) is 0 Å². The van der Waals surface area contributed by atoms with E-state index in [9.17, 15) is 0 Å². The van der Waals surface area contributed by atoms with Crippen LogP contribution >= 0.6 is 11.6 Å². The van der Waals surface area contributed by atoms with Gasteiger partial charge in [-0.1, -0.05) is 11.6 Å². The molecule has 18 heavy (non-hydrogen) atoms. The summed E-state index contributed by atoms with van der Waals surface area (Å²) in [4.78, 5) is 8.05. The molecule has 0 spiro atoms. The van der Waals surface area contributed by atoms with Crippen molar-refractivity contribution in [1.82, 2.24) is 9.97 Å². The van der Waals surface area contributed by atoms with Crippen molar-refractivity contribution >= 4 is 17.4 Å². The topological polar surface area (TPSA) is 70.3 Å². The predicted molar refractivity (Wildman–Crippen MR) is 70.0 cm³/mol. The largest absolute Gasteiger partial charge is 0.496 e. The number of aromatic nitrogens is 2. The third-order valence-electron chi connectivity index (χ3n) is 2.47. The van der Waals surface area contributed by atoms with Crippen LogP contribution in [0.2, 0.25) is 5.02 Å². The second-order valence-corrected chi connectivity index (χ2v) is 3.89. The molecule has 5 nitrogen and oxygen atoms in total. The lowest BCUT2D eigenvalue weighted by Gasteiger charge is -2.12. The Kier molecular flexibility index (Phi) is 3.53. The molecule has 2 heterocycles. The monoisotopic (exact) mass is 265 g/mol. The molecule has 0 aliphatic carbocycles. The molecule has 0 atom stereocenters. The minimum absolute atomic E-state index is 0.338. The van der Waals surface area contributed by atoms with E-state index < -0.39 is 0 Å². The third-order valence-corrected chi connectivity index (χ3v) is 2.77. The van der Waals surface area contributed by atoms with Crippen LogP contribution in [0.5, 0.6) is 11.6 Å². The minimum Gasteiger partial charge on any atom is -0.496 e. The van der Waals surface area contributed by atoms with Gasteiger partial charge in [-0.15, -0.1) is 0 Å². The average molecular weight is 266 g/mol. The van der Waals surface area contributed by atoms with Crippen molar-refractivity contribution in [2.45, 2.75) is 0 Å². The summed E-state index contributed by atoms with van der Waals surface area (Å²) >= 11 is 6.13. The van der Waals surface area contributed by atoms with E-state index in [-0.39, 0.29) is 0 Å². The van der Waals surface area contributed by atoms with Crippen molar-refractivity contribution in [3.63, 3.8) is 0 Å². The molecule has 2 rings (SSSR count). The summed E-state index contributed by atoms with van der Waals surface area (Å²) in [5.41, 5.74) is 7.18. The highest BCUT2D eigenvalue weighted by Crippen LogP contribution is 2.38. The highest BCUT2D eigenvalue weighted by atomic mass is 35.5.